The molecular formula is C23H33N5O5S. The molecule has 2 aliphatic heterocycles. The van der Waals surface area contributed by atoms with Crippen molar-refractivity contribution in [3.63, 3.8) is 0 Å². The van der Waals surface area contributed by atoms with E-state index in [0.29, 0.717) is 57.1 Å². The van der Waals surface area contributed by atoms with E-state index in [2.05, 4.69) is 22.0 Å². The average molecular weight is 492 g/mol. The van der Waals surface area contributed by atoms with Crippen molar-refractivity contribution >= 4 is 27.3 Å². The van der Waals surface area contributed by atoms with Crippen LogP contribution in [0.25, 0.3) is 0 Å². The Morgan fingerprint density at radius 2 is 1.88 bits per heavy atom. The van der Waals surface area contributed by atoms with Crippen molar-refractivity contribution in [3.05, 3.63) is 18.2 Å². The Morgan fingerprint density at radius 3 is 2.56 bits per heavy atom. The summed E-state index contributed by atoms with van der Waals surface area (Å²) in [6.45, 7) is 2.62. The zero-order valence-electron chi connectivity index (χ0n) is 19.3. The first-order valence-electron chi connectivity index (χ1n) is 12.0. The summed E-state index contributed by atoms with van der Waals surface area (Å²) in [5.41, 5.74) is 0.404. The molecule has 1 aliphatic carbocycles. The molecule has 0 aromatic heterocycles. The van der Waals surface area contributed by atoms with Crippen molar-refractivity contribution in [1.29, 1.82) is 5.26 Å². The highest BCUT2D eigenvalue weighted by Gasteiger charge is 2.35. The Balaban J connectivity index is 1.49. The van der Waals surface area contributed by atoms with Crippen LogP contribution in [-0.4, -0.2) is 76.3 Å². The number of carbonyl (C=O) groups is 1. The van der Waals surface area contributed by atoms with E-state index in [1.54, 1.807) is 18.2 Å². The number of hydrogen-bond donors (Lipinski definition) is 3. The molecule has 3 fully saturated rings. The SMILES string of the molecule is N#CC1(NC(=O)CNc2cc(S(=O)(=O)N3CCOCC3)ccc2NCC2CCCO2)CCCC1. The van der Waals surface area contributed by atoms with E-state index in [1.807, 2.05) is 0 Å². The smallest absolute Gasteiger partial charge is 0.243 e. The lowest BCUT2D eigenvalue weighted by atomic mass is 10.00. The molecule has 1 amide bonds. The Kier molecular flexibility index (Phi) is 7.93. The molecular weight excluding hydrogens is 458 g/mol. The van der Waals surface area contributed by atoms with Gasteiger partial charge in [0.25, 0.3) is 0 Å². The summed E-state index contributed by atoms with van der Waals surface area (Å²) >= 11 is 0. The van der Waals surface area contributed by atoms with Gasteiger partial charge in [0, 0.05) is 26.2 Å². The molecule has 2 saturated heterocycles. The molecule has 0 bridgehead atoms. The molecule has 10 nitrogen and oxygen atoms in total. The van der Waals surface area contributed by atoms with Crippen LogP contribution in [0.1, 0.15) is 38.5 Å². The van der Waals surface area contributed by atoms with Gasteiger partial charge in [0.2, 0.25) is 15.9 Å². The molecule has 11 heteroatoms. The van der Waals surface area contributed by atoms with Gasteiger partial charge in [-0.1, -0.05) is 0 Å². The third kappa shape index (κ3) is 5.81. The zero-order valence-corrected chi connectivity index (χ0v) is 20.2. The van der Waals surface area contributed by atoms with Gasteiger partial charge in [-0.15, -0.1) is 0 Å². The molecule has 4 rings (SSSR count). The number of benzene rings is 1. The standard InChI is InChI=1S/C23H33N5O5S/c24-17-23(7-1-2-8-23)27-22(29)16-26-21-14-19(34(30,31)28-9-12-32-13-10-28)5-6-20(21)25-15-18-4-3-11-33-18/h5-6,14,18,25-26H,1-4,7-13,15-16H2,(H,27,29). The van der Waals surface area contributed by atoms with Gasteiger partial charge in [0.15, 0.2) is 0 Å². The molecule has 2 heterocycles. The van der Waals surface area contributed by atoms with Crippen molar-refractivity contribution in [1.82, 2.24) is 9.62 Å². The third-order valence-electron chi connectivity index (χ3n) is 6.63. The quantitative estimate of drug-likeness (QED) is 0.475. The summed E-state index contributed by atoms with van der Waals surface area (Å²) in [6.07, 6.45) is 5.23. The topological polar surface area (TPSA) is 133 Å². The van der Waals surface area contributed by atoms with Crippen molar-refractivity contribution in [2.45, 2.75) is 55.1 Å². The first-order chi connectivity index (χ1) is 16.4. The number of nitrogens with zero attached hydrogens (tertiary/aromatic N) is 2. The van der Waals surface area contributed by atoms with Gasteiger partial charge in [-0.05, 0) is 56.7 Å². The molecule has 1 saturated carbocycles. The summed E-state index contributed by atoms with van der Waals surface area (Å²) in [5.74, 6) is -0.296. The highest BCUT2D eigenvalue weighted by atomic mass is 32.2. The number of nitriles is 1. The fourth-order valence-corrected chi connectivity index (χ4v) is 6.11. The van der Waals surface area contributed by atoms with Gasteiger partial charge in [-0.2, -0.15) is 9.57 Å². The predicted octanol–water partition coefficient (Wildman–Crippen LogP) is 1.66. The molecule has 1 aromatic rings. The fraction of sp³-hybridized carbons (Fsp3) is 0.652. The van der Waals surface area contributed by atoms with Crippen LogP contribution in [0, 0.1) is 11.3 Å². The van der Waals surface area contributed by atoms with Gasteiger partial charge in [0.1, 0.15) is 5.54 Å². The summed E-state index contributed by atoms with van der Waals surface area (Å²) < 4.78 is 38.7. The number of anilines is 2. The number of ether oxygens (including phenoxy) is 2. The monoisotopic (exact) mass is 491 g/mol. The van der Waals surface area contributed by atoms with Crippen LogP contribution in [0.4, 0.5) is 11.4 Å². The van der Waals surface area contributed by atoms with Gasteiger partial charge in [-0.25, -0.2) is 8.42 Å². The normalized spacial score (nSPS) is 22.7. The van der Waals surface area contributed by atoms with E-state index in [0.717, 1.165) is 32.3 Å². The van der Waals surface area contributed by atoms with Crippen LogP contribution in [-0.2, 0) is 24.3 Å². The van der Waals surface area contributed by atoms with Gasteiger partial charge >= 0.3 is 0 Å². The number of sulfonamides is 1. The Bertz CT molecular complexity index is 1010. The summed E-state index contributed by atoms with van der Waals surface area (Å²) in [5, 5.41) is 18.8. The third-order valence-corrected chi connectivity index (χ3v) is 8.53. The molecule has 3 aliphatic rings. The maximum atomic E-state index is 13.2. The Morgan fingerprint density at radius 1 is 1.12 bits per heavy atom. The minimum atomic E-state index is -3.69. The van der Waals surface area contributed by atoms with E-state index in [1.165, 1.54) is 4.31 Å². The van der Waals surface area contributed by atoms with Crippen LogP contribution in [0.5, 0.6) is 0 Å². The molecule has 1 aromatic carbocycles. The molecule has 1 atom stereocenters. The number of hydrogen-bond acceptors (Lipinski definition) is 8. The van der Waals surface area contributed by atoms with Crippen LogP contribution < -0.4 is 16.0 Å². The van der Waals surface area contributed by atoms with Gasteiger partial charge in [0.05, 0.1) is 48.2 Å². The van der Waals surface area contributed by atoms with Crippen LogP contribution >= 0.6 is 0 Å². The maximum absolute atomic E-state index is 13.2. The second-order valence-corrected chi connectivity index (χ2v) is 11.0. The van der Waals surface area contributed by atoms with Crippen molar-refractivity contribution < 1.29 is 22.7 Å². The van der Waals surface area contributed by atoms with E-state index in [4.69, 9.17) is 9.47 Å². The van der Waals surface area contributed by atoms with E-state index < -0.39 is 15.6 Å². The first kappa shape index (κ1) is 24.7. The largest absolute Gasteiger partial charge is 0.381 e. The predicted molar refractivity (Wildman–Crippen MR) is 127 cm³/mol. The lowest BCUT2D eigenvalue weighted by molar-refractivity contribution is -0.120. The maximum Gasteiger partial charge on any atom is 0.243 e. The fourth-order valence-electron chi connectivity index (χ4n) is 4.68. The summed E-state index contributed by atoms with van der Waals surface area (Å²) in [7, 11) is -3.69. The number of nitrogens with one attached hydrogen (secondary N) is 3. The average Bonchev–Trinajstić information content (AvgIpc) is 3.55. The van der Waals surface area contributed by atoms with E-state index in [9.17, 15) is 18.5 Å². The van der Waals surface area contributed by atoms with Gasteiger partial charge < -0.3 is 25.4 Å². The lowest BCUT2D eigenvalue weighted by Crippen LogP contribution is -2.47. The second kappa shape index (κ2) is 10.9. The zero-order chi connectivity index (χ0) is 24.0. The molecule has 0 radical (unpaired) electrons. The summed E-state index contributed by atoms with van der Waals surface area (Å²) in [6, 6.07) is 7.11. The van der Waals surface area contributed by atoms with Crippen molar-refractivity contribution in [3.8, 4) is 6.07 Å². The van der Waals surface area contributed by atoms with Crippen LogP contribution in [0.2, 0.25) is 0 Å². The van der Waals surface area contributed by atoms with Crippen molar-refractivity contribution in [2.24, 2.45) is 0 Å². The van der Waals surface area contributed by atoms with Crippen molar-refractivity contribution in [2.75, 3.05) is 56.6 Å². The first-order valence-corrected chi connectivity index (χ1v) is 13.4. The molecule has 0 spiro atoms. The van der Waals surface area contributed by atoms with E-state index in [-0.39, 0.29) is 23.5 Å². The molecule has 186 valence electrons. The lowest BCUT2D eigenvalue weighted by Gasteiger charge is -2.26. The summed E-state index contributed by atoms with van der Waals surface area (Å²) in [4.78, 5) is 12.8. The van der Waals surface area contributed by atoms with Gasteiger partial charge in [-0.3, -0.25) is 4.79 Å². The highest BCUT2D eigenvalue weighted by Crippen LogP contribution is 2.30. The number of morpholine rings is 1. The van der Waals surface area contributed by atoms with Crippen LogP contribution in [0.15, 0.2) is 23.1 Å². The van der Waals surface area contributed by atoms with E-state index >= 15 is 0 Å². The molecule has 34 heavy (non-hydrogen) atoms. The minimum Gasteiger partial charge on any atom is -0.381 e. The second-order valence-electron chi connectivity index (χ2n) is 9.04. The molecule has 1 unspecified atom stereocenters. The number of rotatable bonds is 9. The highest BCUT2D eigenvalue weighted by molar-refractivity contribution is 7.89. The Labute approximate surface area is 201 Å². The number of amides is 1. The number of carbonyl (C=O) groups excluding carboxylic acids is 1. The minimum absolute atomic E-state index is 0.0703. The Hall–Kier alpha value is -2.39. The molecule has 3 N–H and O–H groups in total. The van der Waals surface area contributed by atoms with Crippen LogP contribution in [0.3, 0.4) is 0 Å².